The Hall–Kier alpha value is -3.11. The van der Waals surface area contributed by atoms with Crippen molar-refractivity contribution in [1.82, 2.24) is 0 Å². The van der Waals surface area contributed by atoms with Crippen molar-refractivity contribution in [3.63, 3.8) is 0 Å². The highest BCUT2D eigenvalue weighted by molar-refractivity contribution is 7.13. The van der Waals surface area contributed by atoms with Crippen molar-refractivity contribution < 1.29 is 0 Å². The Labute approximate surface area is 395 Å². The molecule has 0 spiro atoms. The summed E-state index contributed by atoms with van der Waals surface area (Å²) in [6.07, 6.45) is 14.0. The zero-order chi connectivity index (χ0) is 47.3. The van der Waals surface area contributed by atoms with Crippen LogP contribution in [0.4, 0.5) is 0 Å². The third kappa shape index (κ3) is 17.5. The van der Waals surface area contributed by atoms with Crippen LogP contribution in [0.25, 0.3) is 0 Å². The lowest BCUT2D eigenvalue weighted by Gasteiger charge is -2.38. The summed E-state index contributed by atoms with van der Waals surface area (Å²) < 4.78 is 0. The molecule has 0 fully saturated rings. The van der Waals surface area contributed by atoms with E-state index in [2.05, 4.69) is 219 Å². The largest absolute Gasteiger partial charge is 0.146 e. The molecule has 0 amide bonds. The summed E-state index contributed by atoms with van der Waals surface area (Å²) in [5.74, 6) is 27.2. The highest BCUT2D eigenvalue weighted by Crippen LogP contribution is 2.42. The molecule has 2 aromatic heterocycles. The van der Waals surface area contributed by atoms with E-state index < -0.39 is 24.2 Å². The predicted octanol–water partition coefficient (Wildman–Crippen LogP) is 17.6. The molecule has 0 aliphatic carbocycles. The van der Waals surface area contributed by atoms with Gasteiger partial charge >= 0.3 is 0 Å². The number of hydrogen-bond donors (Lipinski definition) is 0. The molecule has 336 valence electrons. The fraction of sp³-hybridized carbons (Fsp3) is 0.579. The van der Waals surface area contributed by atoms with Gasteiger partial charge in [-0.1, -0.05) is 203 Å². The molecule has 0 nitrogen and oxygen atoms in total. The van der Waals surface area contributed by atoms with Crippen LogP contribution in [0.2, 0.25) is 52.9 Å². The number of allylic oxidation sites excluding steroid dienone is 4. The number of terminal acetylenes is 1. The van der Waals surface area contributed by atoms with Crippen molar-refractivity contribution in [1.29, 1.82) is 0 Å². The highest BCUT2D eigenvalue weighted by Gasteiger charge is 2.42. The van der Waals surface area contributed by atoms with Gasteiger partial charge in [-0.2, -0.15) is 0 Å². The van der Waals surface area contributed by atoms with Crippen LogP contribution in [-0.4, -0.2) is 24.2 Å². The molecule has 0 radical (unpaired) electrons. The summed E-state index contributed by atoms with van der Waals surface area (Å²) in [5.41, 5.74) is 19.8. The summed E-state index contributed by atoms with van der Waals surface area (Å²) in [4.78, 5) is 4.45. The van der Waals surface area contributed by atoms with Crippen LogP contribution in [0.3, 0.4) is 0 Å². The molecule has 5 heteroatoms. The monoisotopic (exact) mass is 917 g/mol. The van der Waals surface area contributed by atoms with Crippen molar-refractivity contribution in [3.05, 3.63) is 66.1 Å². The van der Waals surface area contributed by atoms with Crippen LogP contribution in [-0.2, 0) is 0 Å². The molecule has 0 aromatic carbocycles. The van der Waals surface area contributed by atoms with Crippen molar-refractivity contribution in [2.45, 2.75) is 215 Å². The first-order valence-corrected chi connectivity index (χ1v) is 33.4. The molecule has 2 aromatic rings. The van der Waals surface area contributed by atoms with Gasteiger partial charge in [0.15, 0.2) is 0 Å². The van der Waals surface area contributed by atoms with Crippen molar-refractivity contribution >= 4 is 46.9 Å². The molecule has 0 saturated carbocycles. The van der Waals surface area contributed by atoms with E-state index in [1.165, 1.54) is 11.1 Å². The first-order valence-electron chi connectivity index (χ1n) is 23.8. The molecule has 0 N–H and O–H groups in total. The molecule has 62 heavy (non-hydrogen) atoms. The van der Waals surface area contributed by atoms with Crippen LogP contribution in [0.5, 0.6) is 0 Å². The maximum atomic E-state index is 5.73. The Morgan fingerprint density at radius 3 is 0.984 bits per heavy atom. The molecule has 0 aliphatic heterocycles. The lowest BCUT2D eigenvalue weighted by molar-refractivity contribution is 0.838. The number of rotatable bonds is 14. The van der Waals surface area contributed by atoms with E-state index in [-0.39, 0.29) is 0 Å². The van der Waals surface area contributed by atoms with E-state index in [0.29, 0.717) is 33.2 Å². The molecule has 0 bridgehead atoms. The van der Waals surface area contributed by atoms with Crippen molar-refractivity contribution in [3.8, 4) is 70.4 Å². The predicted molar refractivity (Wildman–Crippen MR) is 292 cm³/mol. The second-order valence-electron chi connectivity index (χ2n) is 19.7. The first kappa shape index (κ1) is 56.9. The molecule has 2 heterocycles. The number of hydrogen-bond acceptors (Lipinski definition) is 2. The zero-order valence-corrected chi connectivity index (χ0v) is 47.5. The molecule has 0 aliphatic rings. The quantitative estimate of drug-likeness (QED) is 0.131. The van der Waals surface area contributed by atoms with E-state index in [9.17, 15) is 0 Å². The Morgan fingerprint density at radius 2 is 0.710 bits per heavy atom. The summed E-state index contributed by atoms with van der Waals surface area (Å²) in [6, 6.07) is 8.52. The van der Waals surface area contributed by atoms with Crippen LogP contribution in [0, 0.1) is 70.4 Å². The Bertz CT molecular complexity index is 2100. The van der Waals surface area contributed by atoms with E-state index in [0.717, 1.165) is 82.0 Å². The van der Waals surface area contributed by atoms with Crippen LogP contribution >= 0.6 is 22.7 Å². The second-order valence-corrected chi connectivity index (χ2v) is 37.8. The van der Waals surface area contributed by atoms with Crippen LogP contribution < -0.4 is 0 Å². The maximum Gasteiger partial charge on any atom is 0.146 e. The van der Waals surface area contributed by atoms with Crippen molar-refractivity contribution in [2.24, 2.45) is 0 Å². The van der Waals surface area contributed by atoms with E-state index in [1.54, 1.807) is 22.7 Å². The van der Waals surface area contributed by atoms with Gasteiger partial charge in [0.1, 0.15) is 24.2 Å². The average molecular weight is 918 g/mol. The summed E-state index contributed by atoms with van der Waals surface area (Å²) in [5, 5.41) is 0. The minimum Gasteiger partial charge on any atom is -0.127 e. The SMILES string of the molecule is C#C/C(CCC)=C(/C#Cc1ccc(C#C[Si](C(C)C)(C(C)C)C(C)C)s1)CCC.CCC/C(C#Cc1ccc(C#C[Si](C(C)C)(C(C)C)C(C)C)s1)=C(\C#C[Si](C)(C)C)CCC. The molecule has 2 rings (SSSR count). The van der Waals surface area contributed by atoms with Gasteiger partial charge in [0.25, 0.3) is 0 Å². The van der Waals surface area contributed by atoms with Gasteiger partial charge in [0, 0.05) is 22.3 Å². The Kier molecular flexibility index (Phi) is 25.6. The summed E-state index contributed by atoms with van der Waals surface area (Å²) >= 11 is 3.44. The Morgan fingerprint density at radius 1 is 0.435 bits per heavy atom. The Balaban J connectivity index is 0.000000625. The second kappa shape index (κ2) is 27.9. The van der Waals surface area contributed by atoms with E-state index in [4.69, 9.17) is 6.42 Å². The highest BCUT2D eigenvalue weighted by atomic mass is 32.1. The van der Waals surface area contributed by atoms with Crippen LogP contribution in [0.1, 0.15) is 182 Å². The normalized spacial score (nSPS) is 12.4. The smallest absolute Gasteiger partial charge is 0.127 e. The van der Waals surface area contributed by atoms with E-state index >= 15 is 0 Å². The third-order valence-electron chi connectivity index (χ3n) is 11.9. The fourth-order valence-corrected chi connectivity index (χ4v) is 21.4. The summed E-state index contributed by atoms with van der Waals surface area (Å²) in [7, 11) is -4.81. The van der Waals surface area contributed by atoms with Crippen LogP contribution in [0.15, 0.2) is 46.6 Å². The van der Waals surface area contributed by atoms with Gasteiger partial charge in [-0.3, -0.25) is 0 Å². The molecular formula is C57H84S2Si3. The molecule has 0 unspecified atom stereocenters. The zero-order valence-electron chi connectivity index (χ0n) is 42.8. The maximum absolute atomic E-state index is 5.73. The minimum absolute atomic E-state index is 0.650. The third-order valence-corrected chi connectivity index (χ3v) is 27.2. The van der Waals surface area contributed by atoms with Gasteiger partial charge in [-0.25, -0.2) is 0 Å². The summed E-state index contributed by atoms with van der Waals surface area (Å²) in [6.45, 7) is 44.0. The van der Waals surface area contributed by atoms with Gasteiger partial charge in [0.2, 0.25) is 0 Å². The average Bonchev–Trinajstić information content (AvgIpc) is 3.85. The lowest BCUT2D eigenvalue weighted by Crippen LogP contribution is -2.43. The van der Waals surface area contributed by atoms with Gasteiger partial charge in [-0.05, 0) is 83.2 Å². The topological polar surface area (TPSA) is 0 Å². The molecule has 0 atom stereocenters. The fourth-order valence-electron chi connectivity index (χ4n) is 8.86. The molecule has 0 saturated heterocycles. The molecular weight excluding hydrogens is 833 g/mol. The minimum atomic E-state index is -1.71. The first-order chi connectivity index (χ1) is 29.1. The van der Waals surface area contributed by atoms with Gasteiger partial charge < -0.3 is 0 Å². The lowest BCUT2D eigenvalue weighted by atomic mass is 10.0. The van der Waals surface area contributed by atoms with E-state index in [1.807, 2.05) is 0 Å². The van der Waals surface area contributed by atoms with Gasteiger partial charge in [0.05, 0.1) is 19.5 Å². The standard InChI is InChI=1S/C30H46SSi2.C27H38SSi/c1-12-14-27(28(15-13-2)20-22-32(9,10)11)16-17-29-18-19-30(31-29)21-23-33(24(3)4,25(5)6)26(7)8;1-10-13-24(12-3)25(14-11-2)15-16-26-17-18-27(28-26)19-20-29(21(4)5,22(6)7)23(8)9/h18-19,24-26H,12-15H2,1-11H3;3,17-18,21-23H,10-11,13-14H2,1-2,4-9H3/b28-27+;25-24-. The van der Waals surface area contributed by atoms with Gasteiger partial charge in [-0.15, -0.1) is 45.7 Å². The number of thiophene rings is 2. The van der Waals surface area contributed by atoms with Crippen molar-refractivity contribution in [2.75, 3.05) is 0 Å².